The summed E-state index contributed by atoms with van der Waals surface area (Å²) in [5.74, 6) is -0.316. The Labute approximate surface area is 151 Å². The normalized spacial score (nSPS) is 10.4. The summed E-state index contributed by atoms with van der Waals surface area (Å²) >= 11 is 0. The summed E-state index contributed by atoms with van der Waals surface area (Å²) < 4.78 is 0. The molecule has 0 aliphatic carbocycles. The van der Waals surface area contributed by atoms with Crippen molar-refractivity contribution in [2.24, 2.45) is 0 Å². The van der Waals surface area contributed by atoms with Crippen LogP contribution in [0.4, 0.5) is 5.69 Å². The van der Waals surface area contributed by atoms with E-state index in [9.17, 15) is 9.59 Å². The molecule has 0 aliphatic heterocycles. The summed E-state index contributed by atoms with van der Waals surface area (Å²) in [6.07, 6.45) is 1.75. The molecule has 0 aliphatic rings. The van der Waals surface area contributed by atoms with E-state index in [0.717, 1.165) is 11.3 Å². The van der Waals surface area contributed by atoms with Crippen molar-refractivity contribution in [3.63, 3.8) is 0 Å². The highest BCUT2D eigenvalue weighted by Crippen LogP contribution is 2.12. The number of amides is 2. The van der Waals surface area contributed by atoms with E-state index in [-0.39, 0.29) is 17.5 Å². The summed E-state index contributed by atoms with van der Waals surface area (Å²) in [6.45, 7) is 0. The summed E-state index contributed by atoms with van der Waals surface area (Å²) in [5, 5.41) is 11.1. The maximum atomic E-state index is 12.3. The topological polar surface area (TPSA) is 80.1 Å². The van der Waals surface area contributed by atoms with Crippen LogP contribution in [0.15, 0.2) is 60.8 Å². The van der Waals surface area contributed by atoms with Crippen molar-refractivity contribution < 1.29 is 9.59 Å². The van der Waals surface area contributed by atoms with E-state index in [1.54, 1.807) is 31.1 Å². The van der Waals surface area contributed by atoms with Gasteiger partial charge in [-0.3, -0.25) is 9.59 Å². The molecule has 0 radical (unpaired) electrons. The molecule has 3 rings (SSSR count). The van der Waals surface area contributed by atoms with Crippen LogP contribution in [0.25, 0.3) is 5.69 Å². The molecule has 3 aromatic rings. The lowest BCUT2D eigenvalue weighted by atomic mass is 10.1. The van der Waals surface area contributed by atoms with E-state index in [1.807, 2.05) is 42.5 Å². The number of nitrogens with one attached hydrogen (secondary N) is 1. The van der Waals surface area contributed by atoms with E-state index < -0.39 is 0 Å². The van der Waals surface area contributed by atoms with Gasteiger partial charge in [-0.05, 0) is 29.8 Å². The molecule has 2 amide bonds. The van der Waals surface area contributed by atoms with Crippen molar-refractivity contribution in [2.45, 2.75) is 6.42 Å². The molecule has 1 N–H and O–H groups in total. The quantitative estimate of drug-likeness (QED) is 0.765. The van der Waals surface area contributed by atoms with E-state index in [0.29, 0.717) is 12.1 Å². The Balaban J connectivity index is 1.65. The molecule has 7 nitrogen and oxygen atoms in total. The molecule has 26 heavy (non-hydrogen) atoms. The fourth-order valence-electron chi connectivity index (χ4n) is 2.29. The van der Waals surface area contributed by atoms with Gasteiger partial charge in [-0.1, -0.05) is 30.3 Å². The molecular weight excluding hydrogens is 330 g/mol. The summed E-state index contributed by atoms with van der Waals surface area (Å²) in [5.41, 5.74) is 2.52. The fourth-order valence-corrected chi connectivity index (χ4v) is 2.29. The Morgan fingerprint density at radius 1 is 1.04 bits per heavy atom. The Bertz CT molecular complexity index is 901. The standard InChI is InChI=1S/C19H19N5O2/c1-23(2)18(25)12-14-8-10-15(11-9-14)21-19(26)17-13-20-24(22-17)16-6-4-3-5-7-16/h3-11,13H,12H2,1-2H3,(H,21,26). The number of benzene rings is 2. The largest absolute Gasteiger partial charge is 0.349 e. The molecule has 0 saturated carbocycles. The number of carbonyl (C=O) groups excluding carboxylic acids is 2. The average molecular weight is 349 g/mol. The lowest BCUT2D eigenvalue weighted by molar-refractivity contribution is -0.127. The second kappa shape index (κ2) is 7.60. The van der Waals surface area contributed by atoms with Crippen LogP contribution in [0.3, 0.4) is 0 Å². The van der Waals surface area contributed by atoms with Gasteiger partial charge in [0.25, 0.3) is 5.91 Å². The molecule has 132 valence electrons. The lowest BCUT2D eigenvalue weighted by Gasteiger charge is -2.10. The van der Waals surface area contributed by atoms with Gasteiger partial charge in [0.1, 0.15) is 0 Å². The van der Waals surface area contributed by atoms with Crippen molar-refractivity contribution in [2.75, 3.05) is 19.4 Å². The van der Waals surface area contributed by atoms with Gasteiger partial charge in [-0.2, -0.15) is 9.90 Å². The second-order valence-corrected chi connectivity index (χ2v) is 5.97. The van der Waals surface area contributed by atoms with E-state index in [2.05, 4.69) is 15.5 Å². The van der Waals surface area contributed by atoms with Gasteiger partial charge in [0.2, 0.25) is 5.91 Å². The summed E-state index contributed by atoms with van der Waals surface area (Å²) in [6, 6.07) is 16.5. The molecule has 7 heteroatoms. The highest BCUT2D eigenvalue weighted by atomic mass is 16.2. The van der Waals surface area contributed by atoms with Crippen molar-refractivity contribution in [3.05, 3.63) is 72.1 Å². The predicted octanol–water partition coefficient (Wildman–Crippen LogP) is 2.15. The minimum Gasteiger partial charge on any atom is -0.349 e. The second-order valence-electron chi connectivity index (χ2n) is 5.97. The molecule has 1 heterocycles. The van der Waals surface area contributed by atoms with Crippen molar-refractivity contribution >= 4 is 17.5 Å². The van der Waals surface area contributed by atoms with Crippen LogP contribution in [0.5, 0.6) is 0 Å². The monoisotopic (exact) mass is 349 g/mol. The first-order valence-electron chi connectivity index (χ1n) is 8.11. The van der Waals surface area contributed by atoms with Gasteiger partial charge in [-0.25, -0.2) is 0 Å². The number of anilines is 1. The van der Waals surface area contributed by atoms with Gasteiger partial charge in [0, 0.05) is 19.8 Å². The summed E-state index contributed by atoms with van der Waals surface area (Å²) in [7, 11) is 3.44. The SMILES string of the molecule is CN(C)C(=O)Cc1ccc(NC(=O)c2cnn(-c3ccccc3)n2)cc1. The minimum atomic E-state index is -0.343. The van der Waals surface area contributed by atoms with E-state index >= 15 is 0 Å². The van der Waals surface area contributed by atoms with Gasteiger partial charge < -0.3 is 10.2 Å². The molecule has 0 atom stereocenters. The third-order valence-corrected chi connectivity index (χ3v) is 3.78. The Hall–Kier alpha value is -3.48. The number of carbonyl (C=O) groups is 2. The first kappa shape index (κ1) is 17.3. The molecule has 0 unspecified atom stereocenters. The lowest BCUT2D eigenvalue weighted by Crippen LogP contribution is -2.23. The Kier molecular flexibility index (Phi) is 5.07. The van der Waals surface area contributed by atoms with Gasteiger partial charge in [0.15, 0.2) is 5.69 Å². The zero-order valence-corrected chi connectivity index (χ0v) is 14.6. The predicted molar refractivity (Wildman–Crippen MR) is 98.2 cm³/mol. The molecular formula is C19H19N5O2. The number of rotatable bonds is 5. The number of hydrogen-bond acceptors (Lipinski definition) is 4. The molecule has 2 aromatic carbocycles. The molecule has 1 aromatic heterocycles. The minimum absolute atomic E-state index is 0.0271. The van der Waals surface area contributed by atoms with Crippen LogP contribution < -0.4 is 5.32 Å². The third kappa shape index (κ3) is 4.13. The average Bonchev–Trinajstić information content (AvgIpc) is 3.14. The highest BCUT2D eigenvalue weighted by molar-refractivity contribution is 6.02. The fraction of sp³-hybridized carbons (Fsp3) is 0.158. The third-order valence-electron chi connectivity index (χ3n) is 3.78. The zero-order chi connectivity index (χ0) is 18.5. The van der Waals surface area contributed by atoms with Crippen LogP contribution in [0.1, 0.15) is 16.1 Å². The molecule has 0 fully saturated rings. The van der Waals surface area contributed by atoms with Crippen molar-refractivity contribution in [3.8, 4) is 5.69 Å². The van der Waals surface area contributed by atoms with Gasteiger partial charge in [0.05, 0.1) is 18.3 Å². The first-order chi connectivity index (χ1) is 12.5. The number of hydrogen-bond donors (Lipinski definition) is 1. The highest BCUT2D eigenvalue weighted by Gasteiger charge is 2.12. The van der Waals surface area contributed by atoms with Gasteiger partial charge in [-0.15, -0.1) is 5.10 Å². The Morgan fingerprint density at radius 3 is 2.38 bits per heavy atom. The summed E-state index contributed by atoms with van der Waals surface area (Å²) in [4.78, 5) is 27.0. The maximum absolute atomic E-state index is 12.3. The molecule has 0 spiro atoms. The number of likely N-dealkylation sites (N-methyl/N-ethyl adjacent to an activating group) is 1. The molecule has 0 saturated heterocycles. The van der Waals surface area contributed by atoms with Crippen molar-refractivity contribution in [1.82, 2.24) is 19.9 Å². The Morgan fingerprint density at radius 2 is 1.73 bits per heavy atom. The number of nitrogens with zero attached hydrogens (tertiary/aromatic N) is 4. The van der Waals surface area contributed by atoms with Crippen LogP contribution in [0, 0.1) is 0 Å². The van der Waals surface area contributed by atoms with Crippen molar-refractivity contribution in [1.29, 1.82) is 0 Å². The van der Waals surface area contributed by atoms with E-state index in [4.69, 9.17) is 0 Å². The molecule has 0 bridgehead atoms. The number of para-hydroxylation sites is 1. The van der Waals surface area contributed by atoms with Crippen LogP contribution >= 0.6 is 0 Å². The van der Waals surface area contributed by atoms with Crippen LogP contribution in [-0.2, 0) is 11.2 Å². The zero-order valence-electron chi connectivity index (χ0n) is 14.6. The smallest absolute Gasteiger partial charge is 0.277 e. The van der Waals surface area contributed by atoms with Crippen LogP contribution in [0.2, 0.25) is 0 Å². The maximum Gasteiger partial charge on any atom is 0.277 e. The van der Waals surface area contributed by atoms with E-state index in [1.165, 1.54) is 11.0 Å². The van der Waals surface area contributed by atoms with Crippen LogP contribution in [-0.4, -0.2) is 45.8 Å². The van der Waals surface area contributed by atoms with Gasteiger partial charge >= 0.3 is 0 Å². The first-order valence-corrected chi connectivity index (χ1v) is 8.11. The number of aromatic nitrogens is 3.